The Balaban J connectivity index is 1.61. The largest absolute Gasteiger partial charge is 0.459 e. The minimum Gasteiger partial charge on any atom is -0.459 e. The van der Waals surface area contributed by atoms with Crippen molar-refractivity contribution in [1.82, 2.24) is 4.90 Å². The van der Waals surface area contributed by atoms with Gasteiger partial charge in [0.25, 0.3) is 6.47 Å². The van der Waals surface area contributed by atoms with Crippen molar-refractivity contribution in [2.45, 2.75) is 72.1 Å². The molecule has 7 nitrogen and oxygen atoms in total. The Morgan fingerprint density at radius 2 is 2.00 bits per heavy atom. The van der Waals surface area contributed by atoms with Crippen molar-refractivity contribution < 1.29 is 19.4 Å². The second-order valence-electron chi connectivity index (χ2n) is 11.4. The fourth-order valence-corrected chi connectivity index (χ4v) is 5.46. The lowest BCUT2D eigenvalue weighted by Crippen LogP contribution is -2.47. The number of nitrogens with zero attached hydrogens (tertiary/aromatic N) is 2. The summed E-state index contributed by atoms with van der Waals surface area (Å²) in [6.07, 6.45) is 4.50. The lowest BCUT2D eigenvalue weighted by molar-refractivity contribution is -0.151. The number of anilines is 2. The number of rotatable bonds is 8. The van der Waals surface area contributed by atoms with Gasteiger partial charge in [-0.15, -0.1) is 0 Å². The number of nitrogens with one attached hydrogen (secondary N) is 1. The van der Waals surface area contributed by atoms with Crippen LogP contribution in [0.2, 0.25) is 0 Å². The highest BCUT2D eigenvalue weighted by molar-refractivity contribution is 5.77. The van der Waals surface area contributed by atoms with E-state index in [0.29, 0.717) is 32.4 Å². The first-order chi connectivity index (χ1) is 15.7. The van der Waals surface area contributed by atoms with E-state index in [1.54, 1.807) is 11.8 Å². The maximum atomic E-state index is 11.8. The van der Waals surface area contributed by atoms with E-state index in [9.17, 15) is 14.7 Å². The van der Waals surface area contributed by atoms with E-state index in [1.807, 2.05) is 6.07 Å². The summed E-state index contributed by atoms with van der Waals surface area (Å²) < 4.78 is 5.64. The number of hydrogen-bond acceptors (Lipinski definition) is 6. The molecular formula is C26H39N3O4. The molecule has 4 rings (SSSR count). The molecule has 0 radical (unpaired) electrons. The zero-order valence-electron chi connectivity index (χ0n) is 20.5. The predicted octanol–water partition coefficient (Wildman–Crippen LogP) is 3.93. The number of aliphatic hydroxyl groups excluding tert-OH is 1. The number of carbonyl (C=O) groups excluding carboxylic acids is 2. The molecule has 2 unspecified atom stereocenters. The van der Waals surface area contributed by atoms with Crippen LogP contribution in [0.3, 0.4) is 0 Å². The number of likely N-dealkylation sites (tertiary alicyclic amines) is 1. The van der Waals surface area contributed by atoms with Gasteiger partial charge in [0.05, 0.1) is 24.1 Å². The van der Waals surface area contributed by atoms with Crippen LogP contribution in [0.5, 0.6) is 0 Å². The Hall–Kier alpha value is -2.28. The molecule has 3 aliphatic rings. The van der Waals surface area contributed by atoms with Gasteiger partial charge in [-0.2, -0.15) is 0 Å². The number of hydrogen-bond donors (Lipinski definition) is 2. The Morgan fingerprint density at radius 1 is 1.30 bits per heavy atom. The summed E-state index contributed by atoms with van der Waals surface area (Å²) in [5.74, 6) is 0.812. The van der Waals surface area contributed by atoms with Gasteiger partial charge in [-0.25, -0.2) is 0 Å². The highest BCUT2D eigenvalue weighted by atomic mass is 16.5. The Morgan fingerprint density at radius 3 is 2.55 bits per heavy atom. The molecule has 2 heterocycles. The van der Waals surface area contributed by atoms with E-state index >= 15 is 0 Å². The van der Waals surface area contributed by atoms with Gasteiger partial charge >= 0.3 is 0 Å². The summed E-state index contributed by atoms with van der Waals surface area (Å²) in [7, 11) is 0. The van der Waals surface area contributed by atoms with Crippen molar-refractivity contribution in [3.63, 3.8) is 0 Å². The predicted molar refractivity (Wildman–Crippen MR) is 129 cm³/mol. The molecule has 1 aromatic carbocycles. The number of carbonyl (C=O) groups is 2. The minimum absolute atomic E-state index is 0.0387. The highest BCUT2D eigenvalue weighted by Crippen LogP contribution is 2.48. The van der Waals surface area contributed by atoms with Crippen LogP contribution in [0, 0.1) is 16.7 Å². The third kappa shape index (κ3) is 5.13. The van der Waals surface area contributed by atoms with Crippen molar-refractivity contribution in [2.24, 2.45) is 16.7 Å². The van der Waals surface area contributed by atoms with E-state index < -0.39 is 11.5 Å². The first kappa shape index (κ1) is 23.9. The summed E-state index contributed by atoms with van der Waals surface area (Å²) in [5.41, 5.74) is 2.75. The molecule has 1 saturated carbocycles. The average Bonchev–Trinajstić information content (AvgIpc) is 3.53. The van der Waals surface area contributed by atoms with Crippen LogP contribution in [-0.2, 0) is 14.3 Å². The topological polar surface area (TPSA) is 82.1 Å². The van der Waals surface area contributed by atoms with Crippen LogP contribution < -0.4 is 10.2 Å². The van der Waals surface area contributed by atoms with E-state index in [2.05, 4.69) is 43.1 Å². The Bertz CT molecular complexity index is 869. The smallest absolute Gasteiger partial charge is 0.293 e. The molecule has 1 amide bonds. The van der Waals surface area contributed by atoms with Crippen molar-refractivity contribution >= 4 is 23.8 Å². The van der Waals surface area contributed by atoms with E-state index in [4.69, 9.17) is 4.74 Å². The van der Waals surface area contributed by atoms with Gasteiger partial charge in [0.2, 0.25) is 5.91 Å². The molecule has 0 spiro atoms. The first-order valence-electron chi connectivity index (χ1n) is 12.3. The molecule has 2 fully saturated rings. The second kappa shape index (κ2) is 9.16. The highest BCUT2D eigenvalue weighted by Gasteiger charge is 2.45. The van der Waals surface area contributed by atoms with Crippen molar-refractivity contribution in [1.29, 1.82) is 0 Å². The second-order valence-corrected chi connectivity index (χ2v) is 11.4. The van der Waals surface area contributed by atoms with Gasteiger partial charge in [-0.1, -0.05) is 26.8 Å². The molecule has 0 bridgehead atoms. The van der Waals surface area contributed by atoms with Crippen molar-refractivity contribution in [3.05, 3.63) is 23.8 Å². The number of amides is 1. The standard InChI is InChI=1S/C26H39N3O4/c1-18(32)28-11-9-26(16-30,10-12-28)24(33-17-31)20-7-8-22-21(13-20)27-23(14-25(2,3)4)29(22)15-19-5-6-19/h7-8,13,17,19,23-24,27,30H,5-6,9-12,14-16H2,1-4H3. The third-order valence-corrected chi connectivity index (χ3v) is 7.56. The van der Waals surface area contributed by atoms with E-state index in [0.717, 1.165) is 30.1 Å². The molecule has 1 saturated heterocycles. The zero-order chi connectivity index (χ0) is 23.8. The summed E-state index contributed by atoms with van der Waals surface area (Å²) >= 11 is 0. The summed E-state index contributed by atoms with van der Waals surface area (Å²) in [6, 6.07) is 6.28. The number of ether oxygens (including phenoxy) is 1. The monoisotopic (exact) mass is 457 g/mol. The fraction of sp³-hybridized carbons (Fsp3) is 0.692. The number of fused-ring (bicyclic) bond motifs is 1. The Kier molecular flexibility index (Phi) is 6.63. The molecule has 2 atom stereocenters. The molecule has 182 valence electrons. The summed E-state index contributed by atoms with van der Waals surface area (Å²) in [6.45, 7) is 10.9. The van der Waals surface area contributed by atoms with E-state index in [-0.39, 0.29) is 24.1 Å². The van der Waals surface area contributed by atoms with Crippen LogP contribution in [0.25, 0.3) is 0 Å². The maximum absolute atomic E-state index is 11.8. The Labute approximate surface area is 197 Å². The van der Waals surface area contributed by atoms with Crippen LogP contribution in [0.15, 0.2) is 18.2 Å². The SMILES string of the molecule is CC(=O)N1CCC(CO)(C(OC=O)c2ccc3c(c2)NC(CC(C)(C)C)N3CC2CC2)CC1. The normalized spacial score (nSPS) is 23.0. The molecule has 33 heavy (non-hydrogen) atoms. The number of piperidine rings is 1. The van der Waals surface area contributed by atoms with Gasteiger partial charge < -0.3 is 25.0 Å². The third-order valence-electron chi connectivity index (χ3n) is 7.56. The molecule has 1 aromatic rings. The van der Waals surface area contributed by atoms with Gasteiger partial charge in [0.1, 0.15) is 6.10 Å². The van der Waals surface area contributed by atoms with E-state index in [1.165, 1.54) is 18.5 Å². The fourth-order valence-electron chi connectivity index (χ4n) is 5.46. The number of aliphatic hydroxyl groups is 1. The lowest BCUT2D eigenvalue weighted by atomic mass is 9.72. The van der Waals surface area contributed by atoms with Crippen LogP contribution >= 0.6 is 0 Å². The summed E-state index contributed by atoms with van der Waals surface area (Å²) in [4.78, 5) is 27.6. The van der Waals surface area contributed by atoms with Crippen molar-refractivity contribution in [3.8, 4) is 0 Å². The summed E-state index contributed by atoms with van der Waals surface area (Å²) in [5, 5.41) is 14.1. The van der Waals surface area contributed by atoms with Gasteiger partial charge in [0, 0.05) is 32.0 Å². The van der Waals surface area contributed by atoms with Gasteiger partial charge in [-0.05, 0) is 61.1 Å². The molecule has 0 aromatic heterocycles. The molecule has 2 N–H and O–H groups in total. The van der Waals surface area contributed by atoms with Gasteiger partial charge in [-0.3, -0.25) is 9.59 Å². The first-order valence-corrected chi connectivity index (χ1v) is 12.3. The quantitative estimate of drug-likeness (QED) is 0.576. The average molecular weight is 458 g/mol. The molecule has 2 aliphatic heterocycles. The molecule has 7 heteroatoms. The van der Waals surface area contributed by atoms with Crippen LogP contribution in [0.1, 0.15) is 71.5 Å². The maximum Gasteiger partial charge on any atom is 0.293 e. The minimum atomic E-state index is -0.599. The van der Waals surface area contributed by atoms with Crippen LogP contribution in [0.4, 0.5) is 11.4 Å². The molecule has 1 aliphatic carbocycles. The van der Waals surface area contributed by atoms with Crippen LogP contribution in [-0.4, -0.2) is 54.8 Å². The number of benzene rings is 1. The zero-order valence-corrected chi connectivity index (χ0v) is 20.5. The lowest BCUT2D eigenvalue weighted by Gasteiger charge is -2.44. The molecular weight excluding hydrogens is 418 g/mol. The van der Waals surface area contributed by atoms with Gasteiger partial charge in [0.15, 0.2) is 0 Å². The van der Waals surface area contributed by atoms with Crippen molar-refractivity contribution in [2.75, 3.05) is 36.5 Å².